The molecule has 0 radical (unpaired) electrons. The molecule has 1 atom stereocenters. The Hall–Kier alpha value is -0.120. The molecule has 1 rings (SSSR count). The largest absolute Gasteiger partial charge is 0.381 e. The zero-order chi connectivity index (χ0) is 11.4. The summed E-state index contributed by atoms with van der Waals surface area (Å²) >= 11 is 0. The van der Waals surface area contributed by atoms with Crippen molar-refractivity contribution in [2.75, 3.05) is 26.3 Å². The van der Waals surface area contributed by atoms with Crippen LogP contribution < -0.4 is 11.1 Å². The van der Waals surface area contributed by atoms with Gasteiger partial charge < -0.3 is 15.8 Å². The third-order valence-corrected chi connectivity index (χ3v) is 3.88. The van der Waals surface area contributed by atoms with Gasteiger partial charge in [-0.3, -0.25) is 0 Å². The van der Waals surface area contributed by atoms with Crippen LogP contribution in [0.15, 0.2) is 0 Å². The highest BCUT2D eigenvalue weighted by molar-refractivity contribution is 4.88. The van der Waals surface area contributed by atoms with E-state index in [0.29, 0.717) is 0 Å². The molecule has 0 amide bonds. The van der Waals surface area contributed by atoms with Gasteiger partial charge in [-0.25, -0.2) is 0 Å². The van der Waals surface area contributed by atoms with Crippen LogP contribution in [0, 0.1) is 5.41 Å². The molecular weight excluding hydrogens is 188 g/mol. The average molecular weight is 214 g/mol. The Morgan fingerprint density at radius 1 is 1.40 bits per heavy atom. The zero-order valence-electron chi connectivity index (χ0n) is 10.4. The summed E-state index contributed by atoms with van der Waals surface area (Å²) in [6.07, 6.45) is 3.35. The van der Waals surface area contributed by atoms with Crippen LogP contribution in [0.1, 0.15) is 40.0 Å². The van der Waals surface area contributed by atoms with Gasteiger partial charge in [0.15, 0.2) is 0 Å². The molecule has 1 heterocycles. The van der Waals surface area contributed by atoms with E-state index in [1.165, 1.54) is 0 Å². The first-order valence-electron chi connectivity index (χ1n) is 6.06. The van der Waals surface area contributed by atoms with E-state index in [4.69, 9.17) is 10.5 Å². The maximum atomic E-state index is 5.81. The van der Waals surface area contributed by atoms with Gasteiger partial charge in [0.25, 0.3) is 0 Å². The third kappa shape index (κ3) is 3.74. The lowest BCUT2D eigenvalue weighted by molar-refractivity contribution is 0.0407. The molecule has 1 saturated heterocycles. The highest BCUT2D eigenvalue weighted by Crippen LogP contribution is 2.23. The Labute approximate surface area is 93.8 Å². The summed E-state index contributed by atoms with van der Waals surface area (Å²) in [6, 6.07) is 0. The number of nitrogens with one attached hydrogen (secondary N) is 1. The Balaban J connectivity index is 2.40. The summed E-state index contributed by atoms with van der Waals surface area (Å²) in [7, 11) is 0. The first-order valence-corrected chi connectivity index (χ1v) is 6.06. The second-order valence-electron chi connectivity index (χ2n) is 5.39. The van der Waals surface area contributed by atoms with E-state index >= 15 is 0 Å². The van der Waals surface area contributed by atoms with E-state index in [2.05, 4.69) is 26.1 Å². The smallest absolute Gasteiger partial charge is 0.0483 e. The van der Waals surface area contributed by atoms with Crippen LogP contribution in [0.2, 0.25) is 0 Å². The van der Waals surface area contributed by atoms with Gasteiger partial charge in [-0.2, -0.15) is 0 Å². The molecule has 1 aliphatic heterocycles. The summed E-state index contributed by atoms with van der Waals surface area (Å²) in [6.45, 7) is 10.3. The molecule has 0 saturated carbocycles. The van der Waals surface area contributed by atoms with E-state index in [9.17, 15) is 0 Å². The highest BCUT2D eigenvalue weighted by Gasteiger charge is 2.29. The topological polar surface area (TPSA) is 47.3 Å². The lowest BCUT2D eigenvalue weighted by Crippen LogP contribution is -2.51. The van der Waals surface area contributed by atoms with Crippen LogP contribution in [0.25, 0.3) is 0 Å². The Morgan fingerprint density at radius 2 is 2.00 bits per heavy atom. The molecule has 0 aromatic rings. The van der Waals surface area contributed by atoms with Crippen molar-refractivity contribution in [1.29, 1.82) is 0 Å². The van der Waals surface area contributed by atoms with Crippen LogP contribution >= 0.6 is 0 Å². The van der Waals surface area contributed by atoms with Crippen LogP contribution in [-0.4, -0.2) is 31.8 Å². The molecule has 15 heavy (non-hydrogen) atoms. The summed E-state index contributed by atoms with van der Waals surface area (Å²) < 4.78 is 5.38. The van der Waals surface area contributed by atoms with Gasteiger partial charge in [-0.05, 0) is 38.1 Å². The maximum absolute atomic E-state index is 5.81. The number of rotatable bonds is 5. The minimum absolute atomic E-state index is 0.237. The number of ether oxygens (including phenoxy) is 1. The average Bonchev–Trinajstić information content (AvgIpc) is 2.27. The van der Waals surface area contributed by atoms with Gasteiger partial charge in [0.05, 0.1) is 0 Å². The molecule has 3 heteroatoms. The fourth-order valence-corrected chi connectivity index (χ4v) is 1.77. The summed E-state index contributed by atoms with van der Waals surface area (Å²) in [5.74, 6) is 0. The van der Waals surface area contributed by atoms with Crippen LogP contribution in [-0.2, 0) is 4.74 Å². The van der Waals surface area contributed by atoms with E-state index in [0.717, 1.165) is 45.6 Å². The van der Waals surface area contributed by atoms with Crippen molar-refractivity contribution in [1.82, 2.24) is 5.32 Å². The van der Waals surface area contributed by atoms with E-state index in [-0.39, 0.29) is 11.0 Å². The van der Waals surface area contributed by atoms with Gasteiger partial charge in [-0.15, -0.1) is 0 Å². The van der Waals surface area contributed by atoms with E-state index < -0.39 is 0 Å². The van der Waals surface area contributed by atoms with Crippen LogP contribution in [0.3, 0.4) is 0 Å². The normalized spacial score (nSPS) is 24.8. The molecule has 0 bridgehead atoms. The molecule has 0 aromatic heterocycles. The van der Waals surface area contributed by atoms with E-state index in [1.807, 2.05) is 0 Å². The van der Waals surface area contributed by atoms with E-state index in [1.54, 1.807) is 0 Å². The number of hydrogen-bond donors (Lipinski definition) is 2. The molecule has 0 aliphatic carbocycles. The molecule has 90 valence electrons. The third-order valence-electron chi connectivity index (χ3n) is 3.88. The predicted octanol–water partition coefficient (Wildman–Crippen LogP) is 1.52. The van der Waals surface area contributed by atoms with Gasteiger partial charge in [-0.1, -0.05) is 13.8 Å². The second kappa shape index (κ2) is 5.28. The number of hydrogen-bond acceptors (Lipinski definition) is 3. The Morgan fingerprint density at radius 3 is 2.47 bits per heavy atom. The maximum Gasteiger partial charge on any atom is 0.0483 e. The molecule has 3 nitrogen and oxygen atoms in total. The molecule has 3 N–H and O–H groups in total. The summed E-state index contributed by atoms with van der Waals surface area (Å²) in [5.41, 5.74) is 6.30. The van der Waals surface area contributed by atoms with Gasteiger partial charge in [0.2, 0.25) is 0 Å². The fraction of sp³-hybridized carbons (Fsp3) is 1.00. The number of nitrogens with two attached hydrogens (primary N) is 1. The minimum atomic E-state index is 0.237. The zero-order valence-corrected chi connectivity index (χ0v) is 10.4. The lowest BCUT2D eigenvalue weighted by Gasteiger charge is -2.38. The molecule has 0 spiro atoms. The monoisotopic (exact) mass is 214 g/mol. The lowest BCUT2D eigenvalue weighted by atomic mass is 9.85. The first kappa shape index (κ1) is 12.9. The second-order valence-corrected chi connectivity index (χ2v) is 5.39. The minimum Gasteiger partial charge on any atom is -0.381 e. The van der Waals surface area contributed by atoms with Gasteiger partial charge in [0, 0.05) is 25.3 Å². The molecule has 0 aromatic carbocycles. The van der Waals surface area contributed by atoms with Crippen molar-refractivity contribution in [2.45, 2.75) is 45.6 Å². The quantitative estimate of drug-likeness (QED) is 0.729. The highest BCUT2D eigenvalue weighted by atomic mass is 16.5. The van der Waals surface area contributed by atoms with Crippen molar-refractivity contribution in [3.8, 4) is 0 Å². The first-order chi connectivity index (χ1) is 7.04. The molecular formula is C12H26N2O. The predicted molar refractivity (Wildman–Crippen MR) is 63.9 cm³/mol. The molecule has 1 fully saturated rings. The summed E-state index contributed by atoms with van der Waals surface area (Å²) in [5, 5.41) is 3.68. The SMILES string of the molecule is CCC(C)(CN)CNC1(C)CCOCC1. The Bertz CT molecular complexity index is 184. The Kier molecular flexibility index (Phi) is 4.56. The van der Waals surface area contributed by atoms with Crippen LogP contribution in [0.4, 0.5) is 0 Å². The molecule has 1 unspecified atom stereocenters. The van der Waals surface area contributed by atoms with Crippen molar-refractivity contribution in [2.24, 2.45) is 11.1 Å². The van der Waals surface area contributed by atoms with Crippen LogP contribution in [0.5, 0.6) is 0 Å². The summed E-state index contributed by atoms with van der Waals surface area (Å²) in [4.78, 5) is 0. The van der Waals surface area contributed by atoms with Crippen molar-refractivity contribution < 1.29 is 4.74 Å². The van der Waals surface area contributed by atoms with Gasteiger partial charge in [0.1, 0.15) is 0 Å². The van der Waals surface area contributed by atoms with Crippen molar-refractivity contribution >= 4 is 0 Å². The molecule has 1 aliphatic rings. The fourth-order valence-electron chi connectivity index (χ4n) is 1.77. The van der Waals surface area contributed by atoms with Crippen molar-refractivity contribution in [3.63, 3.8) is 0 Å². The van der Waals surface area contributed by atoms with Gasteiger partial charge >= 0.3 is 0 Å². The van der Waals surface area contributed by atoms with Crippen molar-refractivity contribution in [3.05, 3.63) is 0 Å². The standard InChI is InChI=1S/C12H26N2O/c1-4-11(2,9-13)10-14-12(3)5-7-15-8-6-12/h14H,4-10,13H2,1-3H3.